The lowest BCUT2D eigenvalue weighted by Crippen LogP contribution is -2.51. The van der Waals surface area contributed by atoms with Gasteiger partial charge in [0.15, 0.2) is 0 Å². The molecular formula is C15H19ClN4O5. The molecule has 1 aromatic carbocycles. The Kier molecular flexibility index (Phi) is 6.29. The van der Waals surface area contributed by atoms with E-state index in [1.165, 1.54) is 18.2 Å². The number of rotatable bonds is 3. The Morgan fingerprint density at radius 3 is 2.52 bits per heavy atom. The number of anilines is 1. The molecule has 5 amide bonds. The Morgan fingerprint density at radius 2 is 1.88 bits per heavy atom. The van der Waals surface area contributed by atoms with Crippen LogP contribution < -0.4 is 15.4 Å². The summed E-state index contributed by atoms with van der Waals surface area (Å²) in [5, 5.41) is 7.48. The zero-order valence-corrected chi connectivity index (χ0v) is 14.6. The van der Waals surface area contributed by atoms with Gasteiger partial charge >= 0.3 is 18.2 Å². The number of imide groups is 1. The van der Waals surface area contributed by atoms with Crippen LogP contribution in [0.2, 0.25) is 5.02 Å². The van der Waals surface area contributed by atoms with Crippen LogP contribution in [-0.4, -0.2) is 55.0 Å². The molecule has 0 spiro atoms. The number of nitrogens with zero attached hydrogens (tertiary/aromatic N) is 2. The second kappa shape index (κ2) is 8.43. The third-order valence-electron chi connectivity index (χ3n) is 3.39. The first-order chi connectivity index (χ1) is 12.0. The van der Waals surface area contributed by atoms with Gasteiger partial charge in [-0.2, -0.15) is 0 Å². The van der Waals surface area contributed by atoms with Crippen molar-refractivity contribution in [2.45, 2.75) is 13.3 Å². The van der Waals surface area contributed by atoms with E-state index in [9.17, 15) is 14.4 Å². The van der Waals surface area contributed by atoms with Crippen LogP contribution in [0.4, 0.5) is 20.1 Å². The minimum atomic E-state index is -0.865. The first kappa shape index (κ1) is 18.7. The van der Waals surface area contributed by atoms with E-state index in [0.717, 1.165) is 5.01 Å². The van der Waals surface area contributed by atoms with Crippen LogP contribution in [-0.2, 0) is 4.74 Å². The van der Waals surface area contributed by atoms with Crippen molar-refractivity contribution < 1.29 is 23.9 Å². The predicted octanol–water partition coefficient (Wildman–Crippen LogP) is 2.67. The zero-order valence-electron chi connectivity index (χ0n) is 13.9. The van der Waals surface area contributed by atoms with E-state index in [0.29, 0.717) is 36.0 Å². The van der Waals surface area contributed by atoms with Gasteiger partial charge < -0.3 is 14.8 Å². The fourth-order valence-electron chi connectivity index (χ4n) is 2.31. The molecule has 0 aromatic heterocycles. The van der Waals surface area contributed by atoms with Crippen LogP contribution in [0.25, 0.3) is 0 Å². The lowest BCUT2D eigenvalue weighted by atomic mass is 10.3. The molecule has 1 aliphatic heterocycles. The van der Waals surface area contributed by atoms with Crippen LogP contribution in [0.15, 0.2) is 18.2 Å². The largest absolute Gasteiger partial charge is 0.495 e. The van der Waals surface area contributed by atoms with Gasteiger partial charge in [-0.3, -0.25) is 0 Å². The standard InChI is InChI=1S/C15H19ClN4O5/c1-3-25-15(23)18-14(22)20-8-4-7-19(20)13(21)17-11-9-10(16)5-6-12(11)24-2/h5-6,9H,3-4,7-8H2,1-2H3,(H,17,21)(H,18,22,23). The maximum absolute atomic E-state index is 12.5. The molecule has 0 radical (unpaired) electrons. The molecular weight excluding hydrogens is 352 g/mol. The molecule has 1 aromatic rings. The molecule has 25 heavy (non-hydrogen) atoms. The van der Waals surface area contributed by atoms with Gasteiger partial charge in [0, 0.05) is 18.1 Å². The number of alkyl carbamates (subject to hydrolysis) is 1. The van der Waals surface area contributed by atoms with E-state index in [1.54, 1.807) is 19.1 Å². The number of amides is 5. The second-order valence-electron chi connectivity index (χ2n) is 5.03. The van der Waals surface area contributed by atoms with Crippen molar-refractivity contribution >= 4 is 35.4 Å². The van der Waals surface area contributed by atoms with Crippen molar-refractivity contribution in [3.8, 4) is 5.75 Å². The van der Waals surface area contributed by atoms with Gasteiger partial charge in [0.25, 0.3) is 0 Å². The molecule has 9 nitrogen and oxygen atoms in total. The molecule has 1 heterocycles. The van der Waals surface area contributed by atoms with Crippen LogP contribution in [0.3, 0.4) is 0 Å². The van der Waals surface area contributed by atoms with Gasteiger partial charge in [0.05, 0.1) is 19.4 Å². The van der Waals surface area contributed by atoms with Crippen molar-refractivity contribution in [1.29, 1.82) is 0 Å². The summed E-state index contributed by atoms with van der Waals surface area (Å²) < 4.78 is 9.83. The Hall–Kier alpha value is -2.68. The van der Waals surface area contributed by atoms with Gasteiger partial charge in [-0.15, -0.1) is 0 Å². The smallest absolute Gasteiger partial charge is 0.415 e. The highest BCUT2D eigenvalue weighted by molar-refractivity contribution is 6.31. The summed E-state index contributed by atoms with van der Waals surface area (Å²) in [6.07, 6.45) is -0.285. The average Bonchev–Trinajstić information content (AvgIpc) is 3.05. The number of urea groups is 2. The Bertz CT molecular complexity index is 669. The lowest BCUT2D eigenvalue weighted by molar-refractivity contribution is 0.0908. The molecule has 2 N–H and O–H groups in total. The summed E-state index contributed by atoms with van der Waals surface area (Å²) in [6.45, 7) is 2.38. The topological polar surface area (TPSA) is 100 Å². The van der Waals surface area contributed by atoms with E-state index in [-0.39, 0.29) is 6.61 Å². The maximum Gasteiger partial charge on any atom is 0.415 e. The lowest BCUT2D eigenvalue weighted by Gasteiger charge is -2.27. The number of halogens is 1. The van der Waals surface area contributed by atoms with Gasteiger partial charge in [-0.1, -0.05) is 11.6 Å². The third kappa shape index (κ3) is 4.66. The number of hydrogen-bond acceptors (Lipinski definition) is 5. The van der Waals surface area contributed by atoms with Crippen LogP contribution in [0, 0.1) is 0 Å². The fraction of sp³-hybridized carbons (Fsp3) is 0.400. The monoisotopic (exact) mass is 370 g/mol. The normalized spacial score (nSPS) is 13.4. The summed E-state index contributed by atoms with van der Waals surface area (Å²) in [6, 6.07) is 3.51. The number of carbonyl (C=O) groups is 3. The first-order valence-electron chi connectivity index (χ1n) is 7.63. The number of hydrazine groups is 1. The van der Waals surface area contributed by atoms with Crippen molar-refractivity contribution in [2.24, 2.45) is 0 Å². The van der Waals surface area contributed by atoms with Crippen molar-refractivity contribution in [3.05, 3.63) is 23.2 Å². The van der Waals surface area contributed by atoms with Gasteiger partial charge in [0.2, 0.25) is 0 Å². The minimum absolute atomic E-state index is 0.137. The maximum atomic E-state index is 12.5. The zero-order chi connectivity index (χ0) is 18.4. The molecule has 0 bridgehead atoms. The minimum Gasteiger partial charge on any atom is -0.495 e. The molecule has 10 heteroatoms. The van der Waals surface area contributed by atoms with Gasteiger partial charge in [-0.25, -0.2) is 29.7 Å². The fourth-order valence-corrected chi connectivity index (χ4v) is 2.48. The summed E-state index contributed by atoms with van der Waals surface area (Å²) in [5.41, 5.74) is 0.373. The highest BCUT2D eigenvalue weighted by Gasteiger charge is 2.32. The summed E-state index contributed by atoms with van der Waals surface area (Å²) >= 11 is 5.94. The third-order valence-corrected chi connectivity index (χ3v) is 3.62. The highest BCUT2D eigenvalue weighted by Crippen LogP contribution is 2.28. The molecule has 0 aliphatic carbocycles. The summed E-state index contributed by atoms with van der Waals surface area (Å²) in [5.74, 6) is 0.430. The summed E-state index contributed by atoms with van der Waals surface area (Å²) in [7, 11) is 1.47. The number of carbonyl (C=O) groups excluding carboxylic acids is 3. The molecule has 1 saturated heterocycles. The molecule has 1 fully saturated rings. The van der Waals surface area contributed by atoms with Crippen molar-refractivity contribution in [2.75, 3.05) is 32.1 Å². The SMILES string of the molecule is CCOC(=O)NC(=O)N1CCCN1C(=O)Nc1cc(Cl)ccc1OC. The van der Waals surface area contributed by atoms with E-state index >= 15 is 0 Å². The molecule has 2 rings (SSSR count). The van der Waals surface area contributed by atoms with Crippen LogP contribution >= 0.6 is 11.6 Å². The number of benzene rings is 1. The molecule has 0 atom stereocenters. The van der Waals surface area contributed by atoms with E-state index in [1.807, 2.05) is 0 Å². The predicted molar refractivity (Wildman–Crippen MR) is 90.6 cm³/mol. The van der Waals surface area contributed by atoms with E-state index < -0.39 is 18.2 Å². The van der Waals surface area contributed by atoms with Gasteiger partial charge in [0.1, 0.15) is 5.75 Å². The number of nitrogens with one attached hydrogen (secondary N) is 2. The number of methoxy groups -OCH3 is 1. The van der Waals surface area contributed by atoms with Crippen molar-refractivity contribution in [3.63, 3.8) is 0 Å². The quantitative estimate of drug-likeness (QED) is 0.852. The molecule has 0 unspecified atom stereocenters. The molecule has 1 aliphatic rings. The Balaban J connectivity index is 2.06. The van der Waals surface area contributed by atoms with Gasteiger partial charge in [-0.05, 0) is 31.5 Å². The van der Waals surface area contributed by atoms with Crippen LogP contribution in [0.1, 0.15) is 13.3 Å². The second-order valence-corrected chi connectivity index (χ2v) is 5.46. The summed E-state index contributed by atoms with van der Waals surface area (Å²) in [4.78, 5) is 36.0. The molecule has 136 valence electrons. The van der Waals surface area contributed by atoms with E-state index in [2.05, 4.69) is 15.4 Å². The first-order valence-corrected chi connectivity index (χ1v) is 8.01. The Morgan fingerprint density at radius 1 is 1.20 bits per heavy atom. The number of ether oxygens (including phenoxy) is 2. The number of hydrogen-bond donors (Lipinski definition) is 2. The average molecular weight is 371 g/mol. The molecule has 0 saturated carbocycles. The highest BCUT2D eigenvalue weighted by atomic mass is 35.5. The van der Waals surface area contributed by atoms with E-state index in [4.69, 9.17) is 16.3 Å². The van der Waals surface area contributed by atoms with Crippen LogP contribution in [0.5, 0.6) is 5.75 Å². The Labute approximate surface area is 149 Å². The van der Waals surface area contributed by atoms with Crippen molar-refractivity contribution in [1.82, 2.24) is 15.3 Å².